The number of imide groups is 1. The van der Waals surface area contributed by atoms with Crippen molar-refractivity contribution in [1.82, 2.24) is 15.6 Å². The van der Waals surface area contributed by atoms with Crippen molar-refractivity contribution >= 4 is 17.6 Å². The number of carbonyl (C=O) groups excluding carboxylic acids is 2. The molecule has 4 bridgehead atoms. The minimum atomic E-state index is -0.571. The van der Waals surface area contributed by atoms with E-state index in [-0.39, 0.29) is 17.5 Å². The lowest BCUT2D eigenvalue weighted by Gasteiger charge is -2.56. The molecular formula is C26H32N4O3. The number of ether oxygens (including phenoxy) is 1. The largest absolute Gasteiger partial charge is 0.487 e. The third kappa shape index (κ3) is 5.13. The molecule has 33 heavy (non-hydrogen) atoms. The highest BCUT2D eigenvalue weighted by Crippen LogP contribution is 2.55. The van der Waals surface area contributed by atoms with Gasteiger partial charge in [0.2, 0.25) is 5.91 Å². The van der Waals surface area contributed by atoms with Crippen LogP contribution in [0.25, 0.3) is 0 Å². The second-order valence-electron chi connectivity index (χ2n) is 10.1. The Hall–Kier alpha value is -3.09. The molecule has 1 unspecified atom stereocenters. The lowest BCUT2D eigenvalue weighted by Crippen LogP contribution is -2.62. The van der Waals surface area contributed by atoms with Crippen molar-refractivity contribution in [3.05, 3.63) is 54.4 Å². The van der Waals surface area contributed by atoms with Crippen LogP contribution in [-0.4, -0.2) is 28.5 Å². The Morgan fingerprint density at radius 3 is 2.45 bits per heavy atom. The molecular weight excluding hydrogens is 416 g/mol. The number of carbonyl (C=O) groups is 2. The van der Waals surface area contributed by atoms with E-state index >= 15 is 0 Å². The van der Waals surface area contributed by atoms with Crippen molar-refractivity contribution < 1.29 is 14.3 Å². The highest BCUT2D eigenvalue weighted by molar-refractivity contribution is 5.98. The maximum absolute atomic E-state index is 12.7. The highest BCUT2D eigenvalue weighted by Gasteiger charge is 2.51. The van der Waals surface area contributed by atoms with Gasteiger partial charge in [-0.2, -0.15) is 0 Å². The monoisotopic (exact) mass is 448 g/mol. The summed E-state index contributed by atoms with van der Waals surface area (Å²) in [6.07, 6.45) is 8.84. The third-order valence-electron chi connectivity index (χ3n) is 7.38. The Morgan fingerprint density at radius 1 is 1.06 bits per heavy atom. The van der Waals surface area contributed by atoms with Gasteiger partial charge in [0.1, 0.15) is 18.4 Å². The molecule has 6 rings (SSSR count). The third-order valence-corrected chi connectivity index (χ3v) is 7.38. The summed E-state index contributed by atoms with van der Waals surface area (Å²) < 4.78 is 5.81. The summed E-state index contributed by atoms with van der Waals surface area (Å²) in [7, 11) is 0. The van der Waals surface area contributed by atoms with Gasteiger partial charge in [0, 0.05) is 23.5 Å². The van der Waals surface area contributed by atoms with E-state index in [2.05, 4.69) is 20.9 Å². The lowest BCUT2D eigenvalue weighted by atomic mass is 9.53. The number of hydrogen-bond acceptors (Lipinski definition) is 5. The molecule has 2 aromatic rings. The Balaban J connectivity index is 1.12. The Morgan fingerprint density at radius 2 is 1.79 bits per heavy atom. The number of urea groups is 1. The van der Waals surface area contributed by atoms with Crippen LogP contribution in [0.4, 0.5) is 10.5 Å². The number of nitrogens with zero attached hydrogens (tertiary/aromatic N) is 1. The van der Waals surface area contributed by atoms with Crippen LogP contribution >= 0.6 is 0 Å². The SMILES string of the molecule is CC(Nc1cccc(OCc2ccccn2)c1)C(=O)NC(=O)NC12CC3CC(CC(C3)C1)C2. The van der Waals surface area contributed by atoms with Crippen LogP contribution in [0.15, 0.2) is 48.7 Å². The van der Waals surface area contributed by atoms with Crippen LogP contribution in [0.5, 0.6) is 5.75 Å². The van der Waals surface area contributed by atoms with E-state index in [1.165, 1.54) is 19.3 Å². The number of amides is 3. The van der Waals surface area contributed by atoms with Crippen LogP contribution in [0.3, 0.4) is 0 Å². The summed E-state index contributed by atoms with van der Waals surface area (Å²) in [6.45, 7) is 2.11. The molecule has 4 fully saturated rings. The first-order valence-corrected chi connectivity index (χ1v) is 12.0. The molecule has 0 spiro atoms. The topological polar surface area (TPSA) is 92.3 Å². The molecule has 0 aliphatic heterocycles. The number of nitrogens with one attached hydrogen (secondary N) is 3. The molecule has 3 N–H and O–H groups in total. The molecule has 7 heteroatoms. The standard InChI is InChI=1S/C26H32N4O3/c1-17(28-21-6-4-7-23(12-21)33-16-22-5-2-3-8-27-22)24(31)29-25(32)30-26-13-18-9-19(14-26)11-20(10-18)15-26/h2-8,12,17-20,28H,9-11,13-16H2,1H3,(H2,29,30,31,32). The van der Waals surface area contributed by atoms with E-state index in [9.17, 15) is 9.59 Å². The lowest BCUT2D eigenvalue weighted by molar-refractivity contribution is -0.120. The zero-order valence-electron chi connectivity index (χ0n) is 19.0. The van der Waals surface area contributed by atoms with Crippen molar-refractivity contribution in [2.24, 2.45) is 17.8 Å². The van der Waals surface area contributed by atoms with Crippen molar-refractivity contribution in [3.8, 4) is 5.75 Å². The van der Waals surface area contributed by atoms with E-state index in [1.807, 2.05) is 42.5 Å². The Bertz CT molecular complexity index is 974. The zero-order chi connectivity index (χ0) is 22.8. The van der Waals surface area contributed by atoms with Gasteiger partial charge in [-0.25, -0.2) is 4.79 Å². The maximum Gasteiger partial charge on any atom is 0.321 e. The average molecular weight is 449 g/mol. The summed E-state index contributed by atoms with van der Waals surface area (Å²) in [6, 6.07) is 12.2. The van der Waals surface area contributed by atoms with Crippen molar-refractivity contribution in [3.63, 3.8) is 0 Å². The van der Waals surface area contributed by atoms with Gasteiger partial charge in [-0.05, 0) is 87.5 Å². The number of rotatable bonds is 7. The summed E-state index contributed by atoms with van der Waals surface area (Å²) in [5.41, 5.74) is 1.47. The quantitative estimate of drug-likeness (QED) is 0.589. The molecule has 0 radical (unpaired) electrons. The van der Waals surface area contributed by atoms with Crippen molar-refractivity contribution in [2.45, 2.75) is 63.6 Å². The molecule has 4 aliphatic carbocycles. The fraction of sp³-hybridized carbons (Fsp3) is 0.500. The smallest absolute Gasteiger partial charge is 0.321 e. The molecule has 7 nitrogen and oxygen atoms in total. The summed E-state index contributed by atoms with van der Waals surface area (Å²) in [5, 5.41) is 8.89. The summed E-state index contributed by atoms with van der Waals surface area (Å²) in [4.78, 5) is 29.6. The normalized spacial score (nSPS) is 28.1. The van der Waals surface area contributed by atoms with Crippen LogP contribution in [0.1, 0.15) is 51.1 Å². The van der Waals surface area contributed by atoms with E-state index < -0.39 is 6.04 Å². The molecule has 4 aliphatic rings. The first-order chi connectivity index (χ1) is 16.0. The fourth-order valence-electron chi connectivity index (χ4n) is 6.39. The predicted octanol–water partition coefficient (Wildman–Crippen LogP) is 4.26. The first-order valence-electron chi connectivity index (χ1n) is 12.0. The van der Waals surface area contributed by atoms with Gasteiger partial charge < -0.3 is 15.4 Å². The molecule has 1 aromatic carbocycles. The van der Waals surface area contributed by atoms with Gasteiger partial charge in [0.05, 0.1) is 5.69 Å². The zero-order valence-corrected chi connectivity index (χ0v) is 19.0. The van der Waals surface area contributed by atoms with E-state index in [4.69, 9.17) is 4.74 Å². The summed E-state index contributed by atoms with van der Waals surface area (Å²) in [5.74, 6) is 2.54. The summed E-state index contributed by atoms with van der Waals surface area (Å²) >= 11 is 0. The van der Waals surface area contributed by atoms with Crippen LogP contribution in [0.2, 0.25) is 0 Å². The van der Waals surface area contributed by atoms with Crippen molar-refractivity contribution in [2.75, 3.05) is 5.32 Å². The average Bonchev–Trinajstić information content (AvgIpc) is 2.77. The fourth-order valence-corrected chi connectivity index (χ4v) is 6.39. The number of hydrogen-bond donors (Lipinski definition) is 3. The number of aromatic nitrogens is 1. The van der Waals surface area contributed by atoms with Gasteiger partial charge >= 0.3 is 6.03 Å². The molecule has 1 aromatic heterocycles. The molecule has 3 amide bonds. The van der Waals surface area contributed by atoms with Gasteiger partial charge in [-0.1, -0.05) is 12.1 Å². The minimum absolute atomic E-state index is 0.116. The van der Waals surface area contributed by atoms with Crippen LogP contribution in [0, 0.1) is 17.8 Å². The van der Waals surface area contributed by atoms with Gasteiger partial charge in [-0.3, -0.25) is 15.1 Å². The number of pyridine rings is 1. The molecule has 1 heterocycles. The van der Waals surface area contributed by atoms with E-state index in [0.717, 1.165) is 48.4 Å². The van der Waals surface area contributed by atoms with Crippen LogP contribution in [-0.2, 0) is 11.4 Å². The van der Waals surface area contributed by atoms with Gasteiger partial charge in [-0.15, -0.1) is 0 Å². The number of anilines is 1. The first kappa shape index (κ1) is 21.7. The van der Waals surface area contributed by atoms with Gasteiger partial charge in [0.25, 0.3) is 0 Å². The molecule has 1 atom stereocenters. The highest BCUT2D eigenvalue weighted by atomic mass is 16.5. The van der Waals surface area contributed by atoms with Crippen LogP contribution < -0.4 is 20.7 Å². The maximum atomic E-state index is 12.7. The molecule has 0 saturated heterocycles. The Kier molecular flexibility index (Phi) is 5.96. The van der Waals surface area contributed by atoms with E-state index in [0.29, 0.717) is 12.4 Å². The Labute approximate surface area is 194 Å². The predicted molar refractivity (Wildman–Crippen MR) is 126 cm³/mol. The second kappa shape index (κ2) is 9.04. The van der Waals surface area contributed by atoms with E-state index in [1.54, 1.807) is 13.1 Å². The number of benzene rings is 1. The second-order valence-corrected chi connectivity index (χ2v) is 10.1. The van der Waals surface area contributed by atoms with Gasteiger partial charge in [0.15, 0.2) is 0 Å². The minimum Gasteiger partial charge on any atom is -0.487 e. The van der Waals surface area contributed by atoms with Crippen molar-refractivity contribution in [1.29, 1.82) is 0 Å². The molecule has 174 valence electrons. The molecule has 4 saturated carbocycles.